The zero-order valence-corrected chi connectivity index (χ0v) is 27.2. The van der Waals surface area contributed by atoms with Gasteiger partial charge in [0.1, 0.15) is 11.7 Å². The van der Waals surface area contributed by atoms with Crippen LogP contribution in [0.15, 0.2) is 5.16 Å². The van der Waals surface area contributed by atoms with Crippen LogP contribution in [0.1, 0.15) is 94.4 Å². The molecule has 0 bridgehead atoms. The molecule has 2 N–H and O–H groups in total. The number of hydrogen-bond donors (Lipinski definition) is 2. The van der Waals surface area contributed by atoms with Crippen molar-refractivity contribution in [2.75, 3.05) is 21.0 Å². The third-order valence-corrected chi connectivity index (χ3v) is 9.10. The van der Waals surface area contributed by atoms with Crippen LogP contribution in [0.2, 0.25) is 0 Å². The first-order valence-corrected chi connectivity index (χ1v) is 15.3. The number of methoxy groups -OCH3 is 2. The van der Waals surface area contributed by atoms with Gasteiger partial charge in [0.15, 0.2) is 6.29 Å². The molecular formula is C31H57NO9. The number of nitrogens with zero attached hydrogens (tertiary/aromatic N) is 1. The summed E-state index contributed by atoms with van der Waals surface area (Å²) in [6.45, 7) is 17.2. The number of cyclic esters (lactones) is 1. The van der Waals surface area contributed by atoms with E-state index in [2.05, 4.69) is 19.0 Å². The summed E-state index contributed by atoms with van der Waals surface area (Å²) in [5, 5.41) is 27.4. The van der Waals surface area contributed by atoms with Crippen LogP contribution >= 0.6 is 0 Å². The Labute approximate surface area is 247 Å². The van der Waals surface area contributed by atoms with Gasteiger partial charge in [0.25, 0.3) is 0 Å². The van der Waals surface area contributed by atoms with Gasteiger partial charge < -0.3 is 38.7 Å². The van der Waals surface area contributed by atoms with Crippen LogP contribution in [0.3, 0.4) is 0 Å². The summed E-state index contributed by atoms with van der Waals surface area (Å²) in [5.41, 5.74) is -1.83. The van der Waals surface area contributed by atoms with Crippen molar-refractivity contribution >= 4 is 11.7 Å². The molecule has 2 rings (SSSR count). The van der Waals surface area contributed by atoms with Crippen LogP contribution in [0, 0.1) is 29.6 Å². The first-order chi connectivity index (χ1) is 19.1. The number of carbonyl (C=O) groups excluding carboxylic acids is 1. The number of ether oxygens (including phenoxy) is 5. The Morgan fingerprint density at radius 3 is 2.24 bits per heavy atom. The Balaban J connectivity index is 2.56. The van der Waals surface area contributed by atoms with E-state index in [1.54, 1.807) is 21.0 Å². The summed E-state index contributed by atoms with van der Waals surface area (Å²) in [6.07, 6.45) is -0.00803. The molecule has 12 atom stereocenters. The van der Waals surface area contributed by atoms with Crippen molar-refractivity contribution in [1.82, 2.24) is 0 Å². The van der Waals surface area contributed by atoms with E-state index in [9.17, 15) is 15.0 Å². The maximum absolute atomic E-state index is 13.7. The smallest absolute Gasteiger partial charge is 0.311 e. The fourth-order valence-electron chi connectivity index (χ4n) is 6.80. The van der Waals surface area contributed by atoms with Crippen molar-refractivity contribution < 1.29 is 43.5 Å². The third-order valence-electron chi connectivity index (χ3n) is 9.10. The minimum absolute atomic E-state index is 0.0550. The highest BCUT2D eigenvalue weighted by molar-refractivity contribution is 5.88. The number of carbonyl (C=O) groups is 1. The molecule has 2 saturated heterocycles. The molecule has 0 aliphatic carbocycles. The largest absolute Gasteiger partial charge is 0.459 e. The van der Waals surface area contributed by atoms with Gasteiger partial charge in [-0.1, -0.05) is 39.8 Å². The van der Waals surface area contributed by atoms with Crippen LogP contribution in [0.4, 0.5) is 0 Å². The van der Waals surface area contributed by atoms with Gasteiger partial charge in [0.05, 0.1) is 35.5 Å². The van der Waals surface area contributed by atoms with Crippen LogP contribution in [0.25, 0.3) is 0 Å². The van der Waals surface area contributed by atoms with Crippen molar-refractivity contribution in [2.24, 2.45) is 34.7 Å². The molecule has 2 fully saturated rings. The van der Waals surface area contributed by atoms with Gasteiger partial charge in [0, 0.05) is 32.5 Å². The summed E-state index contributed by atoms with van der Waals surface area (Å²) < 4.78 is 29.8. The van der Waals surface area contributed by atoms with E-state index in [0.717, 1.165) is 12.8 Å². The second-order valence-corrected chi connectivity index (χ2v) is 13.1. The molecule has 10 nitrogen and oxygen atoms in total. The zero-order chi connectivity index (χ0) is 31.1. The standard InChI is InChI=1S/C31H57NO9/c1-12-24-31(9,35)28(33)22(6)26(32-38-17-36-10)19(3)15-30(8,37-11)16-20(4)27(23(7)29(34)40-24)41-25-14-18(2)13-21(5)39-25/h18-25,27-28,33,35H,12-17H2,1-11H3/b32-26-/t18-,19-,20-,21+,22+,23-,24-,25+,27+,28?,30-,31-/m1/s1. The minimum atomic E-state index is -1.76. The Kier molecular flexibility index (Phi) is 13.5. The summed E-state index contributed by atoms with van der Waals surface area (Å²) in [7, 11) is 3.18. The van der Waals surface area contributed by atoms with Gasteiger partial charge >= 0.3 is 5.97 Å². The molecule has 240 valence electrons. The molecule has 0 aromatic rings. The molecule has 2 aliphatic heterocycles. The molecule has 0 spiro atoms. The number of esters is 1. The van der Waals surface area contributed by atoms with Gasteiger partial charge in [-0.25, -0.2) is 0 Å². The zero-order valence-electron chi connectivity index (χ0n) is 27.2. The highest BCUT2D eigenvalue weighted by Gasteiger charge is 2.48. The van der Waals surface area contributed by atoms with Crippen molar-refractivity contribution in [3.63, 3.8) is 0 Å². The molecule has 41 heavy (non-hydrogen) atoms. The number of hydrogen-bond acceptors (Lipinski definition) is 10. The summed E-state index contributed by atoms with van der Waals surface area (Å²) >= 11 is 0. The summed E-state index contributed by atoms with van der Waals surface area (Å²) in [6, 6.07) is 0. The first kappa shape index (κ1) is 35.9. The molecule has 1 unspecified atom stereocenters. The third kappa shape index (κ3) is 9.34. The summed E-state index contributed by atoms with van der Waals surface area (Å²) in [4.78, 5) is 19.0. The fraction of sp³-hybridized carbons (Fsp3) is 0.935. The average molecular weight is 588 g/mol. The quantitative estimate of drug-likeness (QED) is 0.189. The maximum Gasteiger partial charge on any atom is 0.311 e. The molecule has 2 heterocycles. The van der Waals surface area contributed by atoms with Crippen molar-refractivity contribution in [3.05, 3.63) is 0 Å². The van der Waals surface area contributed by atoms with Crippen molar-refractivity contribution in [3.8, 4) is 0 Å². The van der Waals surface area contributed by atoms with Crippen LogP contribution in [-0.2, 0) is 33.3 Å². The van der Waals surface area contributed by atoms with Gasteiger partial charge in [0.2, 0.25) is 6.79 Å². The highest BCUT2D eigenvalue weighted by Crippen LogP contribution is 2.38. The molecular weight excluding hydrogens is 530 g/mol. The Morgan fingerprint density at radius 2 is 1.68 bits per heavy atom. The summed E-state index contributed by atoms with van der Waals surface area (Å²) in [5.74, 6) is -1.62. The van der Waals surface area contributed by atoms with Gasteiger partial charge in [-0.15, -0.1) is 0 Å². The second kappa shape index (κ2) is 15.4. The molecule has 0 amide bonds. The number of oxime groups is 1. The molecule has 0 aromatic heterocycles. The maximum atomic E-state index is 13.7. The molecule has 2 aliphatic rings. The Bertz CT molecular complexity index is 841. The second-order valence-electron chi connectivity index (χ2n) is 13.1. The molecule has 0 saturated carbocycles. The normalized spacial score (nSPS) is 44.7. The number of aliphatic hydroxyl groups excluding tert-OH is 1. The lowest BCUT2D eigenvalue weighted by Gasteiger charge is -2.43. The van der Waals surface area contributed by atoms with E-state index in [1.807, 2.05) is 27.7 Å². The first-order valence-electron chi connectivity index (χ1n) is 15.3. The number of aliphatic hydroxyl groups is 2. The lowest BCUT2D eigenvalue weighted by molar-refractivity contribution is -0.242. The van der Waals surface area contributed by atoms with Crippen LogP contribution in [0.5, 0.6) is 0 Å². The van der Waals surface area contributed by atoms with Crippen LogP contribution < -0.4 is 0 Å². The lowest BCUT2D eigenvalue weighted by Crippen LogP contribution is -2.56. The lowest BCUT2D eigenvalue weighted by atomic mass is 9.75. The van der Waals surface area contributed by atoms with E-state index in [4.69, 9.17) is 28.5 Å². The predicted molar refractivity (Wildman–Crippen MR) is 156 cm³/mol. The SMILES string of the molecule is CC[C@H]1OC(=O)[C@H](C)[C@@H](O[C@H]2C[C@H](C)C[C@H](C)O2)[C@H](C)C[C@](C)(OC)C[C@@H](C)/C(=N/OCOC)[C@H](C)C(O)[C@]1(C)O. The Hall–Kier alpha value is -1.30. The molecule has 10 heteroatoms. The highest BCUT2D eigenvalue weighted by atomic mass is 16.7. The fourth-order valence-corrected chi connectivity index (χ4v) is 6.80. The molecule has 0 radical (unpaired) electrons. The van der Waals surface area contributed by atoms with E-state index >= 15 is 0 Å². The van der Waals surface area contributed by atoms with Crippen molar-refractivity contribution in [1.29, 1.82) is 0 Å². The Morgan fingerprint density at radius 1 is 1.02 bits per heavy atom. The molecule has 0 aromatic carbocycles. The topological polar surface area (TPSA) is 125 Å². The van der Waals surface area contributed by atoms with Gasteiger partial charge in [-0.05, 0) is 65.2 Å². The van der Waals surface area contributed by atoms with E-state index < -0.39 is 53.6 Å². The van der Waals surface area contributed by atoms with E-state index in [0.29, 0.717) is 30.9 Å². The van der Waals surface area contributed by atoms with E-state index in [1.165, 1.54) is 14.0 Å². The predicted octanol–water partition coefficient (Wildman–Crippen LogP) is 4.69. The minimum Gasteiger partial charge on any atom is -0.459 e. The van der Waals surface area contributed by atoms with Crippen LogP contribution in [-0.4, -0.2) is 84.8 Å². The van der Waals surface area contributed by atoms with Gasteiger partial charge in [-0.2, -0.15) is 0 Å². The average Bonchev–Trinajstić information content (AvgIpc) is 2.90. The van der Waals surface area contributed by atoms with Crippen molar-refractivity contribution in [2.45, 2.75) is 136 Å². The van der Waals surface area contributed by atoms with E-state index in [-0.39, 0.29) is 24.7 Å². The van der Waals surface area contributed by atoms with Gasteiger partial charge in [-0.3, -0.25) is 4.79 Å². The number of rotatable bonds is 7. The monoisotopic (exact) mass is 587 g/mol.